The molecule has 3 aromatic rings. The highest BCUT2D eigenvalue weighted by Gasteiger charge is 2.32. The van der Waals surface area contributed by atoms with Crippen LogP contribution in [0.2, 0.25) is 15.1 Å². The zero-order chi connectivity index (χ0) is 21.6. The van der Waals surface area contributed by atoms with Crippen molar-refractivity contribution < 1.29 is 13.2 Å². The molecule has 1 aliphatic rings. The quantitative estimate of drug-likeness (QED) is 0.476. The number of rotatable bonds is 3. The molecule has 0 radical (unpaired) electrons. The van der Waals surface area contributed by atoms with E-state index >= 15 is 0 Å². The van der Waals surface area contributed by atoms with Crippen LogP contribution >= 0.6 is 47.0 Å². The second-order valence-electron chi connectivity index (χ2n) is 6.76. The minimum Gasteiger partial charge on any atom is -0.353 e. The maximum absolute atomic E-state index is 12.8. The van der Waals surface area contributed by atoms with E-state index in [4.69, 9.17) is 47.0 Å². The van der Waals surface area contributed by atoms with Crippen LogP contribution in [0.4, 0.5) is 19.0 Å². The van der Waals surface area contributed by atoms with Crippen LogP contribution in [-0.4, -0.2) is 50.2 Å². The van der Waals surface area contributed by atoms with Gasteiger partial charge in [-0.1, -0.05) is 34.8 Å². The summed E-state index contributed by atoms with van der Waals surface area (Å²) >= 11 is 23.7. The summed E-state index contributed by atoms with van der Waals surface area (Å²) in [6.07, 6.45) is -2.02. The molecule has 4 rings (SSSR count). The normalized spacial score (nSPS) is 15.9. The number of halogens is 6. The van der Waals surface area contributed by atoms with E-state index < -0.39 is 11.7 Å². The van der Waals surface area contributed by atoms with Crippen molar-refractivity contribution in [1.82, 2.24) is 24.1 Å². The molecule has 0 unspecified atom stereocenters. The van der Waals surface area contributed by atoms with Gasteiger partial charge in [-0.05, 0) is 24.4 Å². The third kappa shape index (κ3) is 4.24. The summed E-state index contributed by atoms with van der Waals surface area (Å²) in [5.41, 5.74) is -0.347. The van der Waals surface area contributed by atoms with E-state index in [1.54, 1.807) is 21.3 Å². The number of nitrogens with zero attached hydrogens (tertiary/aromatic N) is 6. The van der Waals surface area contributed by atoms with Crippen LogP contribution < -0.4 is 4.90 Å². The first-order valence-electron chi connectivity index (χ1n) is 8.78. The van der Waals surface area contributed by atoms with Crippen molar-refractivity contribution >= 4 is 58.5 Å². The van der Waals surface area contributed by atoms with Gasteiger partial charge in [0.2, 0.25) is 4.77 Å². The van der Waals surface area contributed by atoms with E-state index in [1.807, 2.05) is 4.90 Å². The topological polar surface area (TPSA) is 41.6 Å². The van der Waals surface area contributed by atoms with Gasteiger partial charge in [0.1, 0.15) is 5.82 Å². The first-order valence-corrected chi connectivity index (χ1v) is 10.3. The van der Waals surface area contributed by atoms with Gasteiger partial charge in [0.05, 0.1) is 27.3 Å². The Morgan fingerprint density at radius 3 is 2.37 bits per heavy atom. The molecule has 160 valence electrons. The smallest absolute Gasteiger partial charge is 0.353 e. The Labute approximate surface area is 189 Å². The van der Waals surface area contributed by atoms with Crippen LogP contribution in [0, 0.1) is 4.77 Å². The Hall–Kier alpha value is -1.59. The minimum atomic E-state index is -4.48. The van der Waals surface area contributed by atoms with E-state index in [1.165, 1.54) is 0 Å². The van der Waals surface area contributed by atoms with Crippen LogP contribution in [0.1, 0.15) is 5.56 Å². The van der Waals surface area contributed by atoms with Crippen LogP contribution in [0.25, 0.3) is 5.65 Å². The molecule has 0 atom stereocenters. The van der Waals surface area contributed by atoms with Crippen molar-refractivity contribution in [1.29, 1.82) is 0 Å². The summed E-state index contributed by atoms with van der Waals surface area (Å²) < 4.78 is 42.2. The van der Waals surface area contributed by atoms with E-state index in [2.05, 4.69) is 15.0 Å². The summed E-state index contributed by atoms with van der Waals surface area (Å²) in [4.78, 5) is 7.91. The number of anilines is 1. The Balaban J connectivity index is 1.46. The molecule has 1 aliphatic heterocycles. The van der Waals surface area contributed by atoms with Crippen molar-refractivity contribution in [3.63, 3.8) is 0 Å². The molecule has 0 spiro atoms. The molecule has 0 aliphatic carbocycles. The van der Waals surface area contributed by atoms with E-state index in [0.717, 1.165) is 12.3 Å². The van der Waals surface area contributed by atoms with Gasteiger partial charge in [-0.15, -0.1) is 5.10 Å². The lowest BCUT2D eigenvalue weighted by molar-refractivity contribution is -0.137. The maximum atomic E-state index is 12.8. The highest BCUT2D eigenvalue weighted by atomic mass is 35.5. The molecule has 0 saturated carbocycles. The van der Waals surface area contributed by atoms with Gasteiger partial charge in [-0.2, -0.15) is 13.2 Å². The molecular formula is C17H14Cl3F3N6S. The predicted octanol–water partition coefficient (Wildman–Crippen LogP) is 5.02. The SMILES string of the molecule is FC(F)(F)c1cnc(N2CCN(Cn3nc4c(Cl)cc(Cl)cn4c3=S)CC2)c(Cl)c1. The van der Waals surface area contributed by atoms with Gasteiger partial charge < -0.3 is 4.90 Å². The van der Waals surface area contributed by atoms with Gasteiger partial charge in [0.25, 0.3) is 0 Å². The van der Waals surface area contributed by atoms with Gasteiger partial charge in [0.15, 0.2) is 5.65 Å². The number of hydrogen-bond donors (Lipinski definition) is 0. The monoisotopic (exact) mass is 496 g/mol. The summed E-state index contributed by atoms with van der Waals surface area (Å²) in [5, 5.41) is 5.30. The third-order valence-electron chi connectivity index (χ3n) is 4.76. The highest BCUT2D eigenvalue weighted by Crippen LogP contribution is 2.33. The molecule has 1 fully saturated rings. The average Bonchev–Trinajstić information content (AvgIpc) is 2.98. The lowest BCUT2D eigenvalue weighted by Crippen LogP contribution is -2.47. The fourth-order valence-corrected chi connectivity index (χ4v) is 4.28. The molecule has 30 heavy (non-hydrogen) atoms. The number of piperazine rings is 1. The van der Waals surface area contributed by atoms with Crippen molar-refractivity contribution in [2.75, 3.05) is 31.1 Å². The number of fused-ring (bicyclic) bond motifs is 1. The Morgan fingerprint density at radius 2 is 1.73 bits per heavy atom. The van der Waals surface area contributed by atoms with Crippen LogP contribution in [0.15, 0.2) is 24.5 Å². The van der Waals surface area contributed by atoms with Gasteiger partial charge in [-0.3, -0.25) is 9.30 Å². The average molecular weight is 498 g/mol. The first kappa shape index (κ1) is 21.6. The van der Waals surface area contributed by atoms with Gasteiger partial charge in [-0.25, -0.2) is 9.67 Å². The standard InChI is InChI=1S/C17H14Cl3F3N6S/c18-11-6-13(20)15-25-29(16(30)28(15)8-11)9-26-1-3-27(4-2-26)14-12(19)5-10(7-24-14)17(21,22)23/h5-8H,1-4,9H2. The zero-order valence-corrected chi connectivity index (χ0v) is 18.3. The van der Waals surface area contributed by atoms with Crippen molar-refractivity contribution in [2.45, 2.75) is 12.8 Å². The number of aromatic nitrogens is 4. The number of alkyl halides is 3. The lowest BCUT2D eigenvalue weighted by atomic mass is 10.2. The van der Waals surface area contributed by atoms with Crippen molar-refractivity contribution in [2.24, 2.45) is 0 Å². The van der Waals surface area contributed by atoms with Crippen molar-refractivity contribution in [3.8, 4) is 0 Å². The molecule has 0 amide bonds. The largest absolute Gasteiger partial charge is 0.417 e. The summed E-state index contributed by atoms with van der Waals surface area (Å²) in [5.74, 6) is 0.343. The Kier molecular flexibility index (Phi) is 5.88. The molecule has 0 aromatic carbocycles. The van der Waals surface area contributed by atoms with Crippen LogP contribution in [0.5, 0.6) is 0 Å². The van der Waals surface area contributed by atoms with Gasteiger partial charge in [0, 0.05) is 38.6 Å². The molecular weight excluding hydrogens is 484 g/mol. The highest BCUT2D eigenvalue weighted by molar-refractivity contribution is 7.71. The second kappa shape index (κ2) is 8.16. The molecule has 0 N–H and O–H groups in total. The van der Waals surface area contributed by atoms with E-state index in [0.29, 0.717) is 59.1 Å². The molecule has 0 bridgehead atoms. The Bertz CT molecular complexity index is 1150. The zero-order valence-electron chi connectivity index (χ0n) is 15.2. The van der Waals surface area contributed by atoms with E-state index in [9.17, 15) is 13.2 Å². The number of pyridine rings is 2. The minimum absolute atomic E-state index is 0.0210. The van der Waals surface area contributed by atoms with Crippen LogP contribution in [0.3, 0.4) is 0 Å². The molecule has 6 nitrogen and oxygen atoms in total. The fraction of sp³-hybridized carbons (Fsp3) is 0.353. The first-order chi connectivity index (χ1) is 14.1. The van der Waals surface area contributed by atoms with Gasteiger partial charge >= 0.3 is 6.18 Å². The maximum Gasteiger partial charge on any atom is 0.417 e. The molecule has 1 saturated heterocycles. The molecule has 4 heterocycles. The summed E-state index contributed by atoms with van der Waals surface area (Å²) in [6.45, 7) is 2.79. The molecule has 3 aromatic heterocycles. The summed E-state index contributed by atoms with van der Waals surface area (Å²) in [6, 6.07) is 2.51. The number of hydrogen-bond acceptors (Lipinski definition) is 5. The van der Waals surface area contributed by atoms with Crippen molar-refractivity contribution in [3.05, 3.63) is 49.9 Å². The fourth-order valence-electron chi connectivity index (χ4n) is 3.25. The molecule has 13 heteroatoms. The predicted molar refractivity (Wildman–Crippen MR) is 112 cm³/mol. The van der Waals surface area contributed by atoms with E-state index in [-0.39, 0.29) is 5.02 Å². The Morgan fingerprint density at radius 1 is 1.03 bits per heavy atom. The second-order valence-corrected chi connectivity index (χ2v) is 8.37. The lowest BCUT2D eigenvalue weighted by Gasteiger charge is -2.35. The van der Waals surface area contributed by atoms with Crippen LogP contribution in [-0.2, 0) is 12.8 Å². The third-order valence-corrected chi connectivity index (χ3v) is 5.93. The summed E-state index contributed by atoms with van der Waals surface area (Å²) in [7, 11) is 0.